The van der Waals surface area contributed by atoms with Crippen LogP contribution in [0.5, 0.6) is 5.88 Å². The summed E-state index contributed by atoms with van der Waals surface area (Å²) in [4.78, 5) is 4.83. The molecule has 3 heteroatoms. The SMILES string of the molecule is CCOc1nc(-c2ccccc2)cc2c(-c3ccccc3)n(C)c(C)c12. The second kappa shape index (κ2) is 6.68. The Morgan fingerprint density at radius 2 is 1.54 bits per heavy atom. The zero-order chi connectivity index (χ0) is 18.1. The van der Waals surface area contributed by atoms with Crippen molar-refractivity contribution in [2.24, 2.45) is 7.05 Å². The van der Waals surface area contributed by atoms with E-state index in [9.17, 15) is 0 Å². The Balaban J connectivity index is 2.07. The highest BCUT2D eigenvalue weighted by Gasteiger charge is 2.19. The highest BCUT2D eigenvalue weighted by atomic mass is 16.5. The molecule has 0 amide bonds. The standard InChI is InChI=1S/C23H22N2O/c1-4-26-23-21-16(2)25(3)22(18-13-9-6-10-14-18)19(21)15-20(24-23)17-11-7-5-8-12-17/h5-15H,4H2,1-3H3. The van der Waals surface area contributed by atoms with E-state index in [1.54, 1.807) is 0 Å². The molecular formula is C23H22N2O. The Labute approximate surface area is 153 Å². The summed E-state index contributed by atoms with van der Waals surface area (Å²) >= 11 is 0. The minimum Gasteiger partial charge on any atom is -0.477 e. The molecule has 26 heavy (non-hydrogen) atoms. The largest absolute Gasteiger partial charge is 0.477 e. The summed E-state index contributed by atoms with van der Waals surface area (Å²) in [7, 11) is 2.11. The van der Waals surface area contributed by atoms with Gasteiger partial charge in [-0.15, -0.1) is 0 Å². The van der Waals surface area contributed by atoms with Crippen LogP contribution in [0.4, 0.5) is 0 Å². The lowest BCUT2D eigenvalue weighted by atomic mass is 10.0. The Kier molecular flexibility index (Phi) is 4.21. The molecule has 0 aliphatic rings. The minimum absolute atomic E-state index is 0.593. The Morgan fingerprint density at radius 3 is 2.15 bits per heavy atom. The number of ether oxygens (including phenoxy) is 1. The van der Waals surface area contributed by atoms with Crippen molar-refractivity contribution >= 4 is 10.8 Å². The Bertz CT molecular complexity index is 1050. The minimum atomic E-state index is 0.593. The molecule has 130 valence electrons. The first kappa shape index (κ1) is 16.4. The zero-order valence-electron chi connectivity index (χ0n) is 15.4. The first-order valence-electron chi connectivity index (χ1n) is 8.94. The predicted molar refractivity (Wildman–Crippen MR) is 107 cm³/mol. The lowest BCUT2D eigenvalue weighted by Gasteiger charge is -2.09. The van der Waals surface area contributed by atoms with Gasteiger partial charge in [0, 0.05) is 23.7 Å². The van der Waals surface area contributed by atoms with E-state index in [2.05, 4.69) is 61.0 Å². The maximum Gasteiger partial charge on any atom is 0.223 e. The van der Waals surface area contributed by atoms with Crippen LogP contribution in [0.25, 0.3) is 33.3 Å². The lowest BCUT2D eigenvalue weighted by Crippen LogP contribution is -1.97. The molecule has 2 heterocycles. The molecule has 0 spiro atoms. The molecule has 0 aliphatic carbocycles. The van der Waals surface area contributed by atoms with Gasteiger partial charge in [-0.25, -0.2) is 4.98 Å². The average molecular weight is 342 g/mol. The molecule has 4 rings (SSSR count). The van der Waals surface area contributed by atoms with Crippen LogP contribution >= 0.6 is 0 Å². The van der Waals surface area contributed by atoms with Crippen molar-refractivity contribution in [3.63, 3.8) is 0 Å². The van der Waals surface area contributed by atoms with E-state index >= 15 is 0 Å². The van der Waals surface area contributed by atoms with Crippen LogP contribution in [0, 0.1) is 6.92 Å². The fraction of sp³-hybridized carbons (Fsp3) is 0.174. The van der Waals surface area contributed by atoms with Gasteiger partial charge < -0.3 is 9.30 Å². The molecule has 0 aliphatic heterocycles. The van der Waals surface area contributed by atoms with Gasteiger partial charge in [0.2, 0.25) is 5.88 Å². The lowest BCUT2D eigenvalue weighted by molar-refractivity contribution is 0.331. The van der Waals surface area contributed by atoms with E-state index < -0.39 is 0 Å². The number of nitrogens with zero attached hydrogens (tertiary/aromatic N) is 2. The summed E-state index contributed by atoms with van der Waals surface area (Å²) in [5, 5.41) is 2.27. The normalized spacial score (nSPS) is 11.0. The third-order valence-electron chi connectivity index (χ3n) is 4.84. The fourth-order valence-electron chi connectivity index (χ4n) is 3.52. The quantitative estimate of drug-likeness (QED) is 0.482. The molecule has 0 fully saturated rings. The summed E-state index contributed by atoms with van der Waals surface area (Å²) in [5.41, 5.74) is 5.58. The van der Waals surface area contributed by atoms with Crippen molar-refractivity contribution in [1.82, 2.24) is 9.55 Å². The van der Waals surface area contributed by atoms with Crippen molar-refractivity contribution in [3.8, 4) is 28.4 Å². The molecule has 0 unspecified atom stereocenters. The fourth-order valence-corrected chi connectivity index (χ4v) is 3.52. The molecular weight excluding hydrogens is 320 g/mol. The topological polar surface area (TPSA) is 27.1 Å². The van der Waals surface area contributed by atoms with E-state index in [0.29, 0.717) is 12.5 Å². The second-order valence-corrected chi connectivity index (χ2v) is 6.39. The van der Waals surface area contributed by atoms with Gasteiger partial charge in [-0.2, -0.15) is 0 Å². The molecule has 0 N–H and O–H groups in total. The van der Waals surface area contributed by atoms with Gasteiger partial charge in [0.15, 0.2) is 0 Å². The van der Waals surface area contributed by atoms with Crippen molar-refractivity contribution in [2.75, 3.05) is 6.61 Å². The number of rotatable bonds is 4. The van der Waals surface area contributed by atoms with Crippen LogP contribution in [0.1, 0.15) is 12.6 Å². The number of pyridine rings is 1. The van der Waals surface area contributed by atoms with Crippen molar-refractivity contribution in [2.45, 2.75) is 13.8 Å². The number of aromatic nitrogens is 2. The third kappa shape index (κ3) is 2.66. The van der Waals surface area contributed by atoms with E-state index in [1.807, 2.05) is 31.2 Å². The monoisotopic (exact) mass is 342 g/mol. The van der Waals surface area contributed by atoms with Gasteiger partial charge in [0.05, 0.1) is 23.4 Å². The van der Waals surface area contributed by atoms with Crippen LogP contribution in [0.3, 0.4) is 0 Å². The van der Waals surface area contributed by atoms with Gasteiger partial charge in [-0.3, -0.25) is 0 Å². The van der Waals surface area contributed by atoms with Gasteiger partial charge in [0.25, 0.3) is 0 Å². The maximum atomic E-state index is 5.94. The summed E-state index contributed by atoms with van der Waals surface area (Å²) in [5.74, 6) is 0.708. The molecule has 2 aromatic heterocycles. The Morgan fingerprint density at radius 1 is 0.923 bits per heavy atom. The molecule has 2 aromatic carbocycles. The van der Waals surface area contributed by atoms with E-state index in [4.69, 9.17) is 9.72 Å². The maximum absolute atomic E-state index is 5.94. The van der Waals surface area contributed by atoms with Crippen LogP contribution < -0.4 is 4.74 Å². The smallest absolute Gasteiger partial charge is 0.223 e. The van der Waals surface area contributed by atoms with Crippen LogP contribution in [-0.4, -0.2) is 16.2 Å². The molecule has 0 saturated carbocycles. The first-order valence-corrected chi connectivity index (χ1v) is 8.94. The van der Waals surface area contributed by atoms with E-state index in [0.717, 1.165) is 22.3 Å². The van der Waals surface area contributed by atoms with Crippen LogP contribution in [-0.2, 0) is 7.05 Å². The van der Waals surface area contributed by atoms with Crippen molar-refractivity contribution < 1.29 is 4.74 Å². The molecule has 3 nitrogen and oxygen atoms in total. The summed E-state index contributed by atoms with van der Waals surface area (Å²) in [6.07, 6.45) is 0. The molecule has 0 bridgehead atoms. The molecule has 4 aromatic rings. The second-order valence-electron chi connectivity index (χ2n) is 6.39. The summed E-state index contributed by atoms with van der Waals surface area (Å²) in [6.45, 7) is 4.72. The number of aryl methyl sites for hydroxylation is 1. The number of benzene rings is 2. The number of hydrogen-bond acceptors (Lipinski definition) is 2. The van der Waals surface area contributed by atoms with Gasteiger partial charge in [-0.1, -0.05) is 60.7 Å². The zero-order valence-corrected chi connectivity index (χ0v) is 15.4. The Hall–Kier alpha value is -3.07. The molecule has 0 radical (unpaired) electrons. The molecule has 0 saturated heterocycles. The summed E-state index contributed by atoms with van der Waals surface area (Å²) < 4.78 is 8.18. The highest BCUT2D eigenvalue weighted by Crippen LogP contribution is 2.39. The van der Waals surface area contributed by atoms with E-state index in [1.165, 1.54) is 16.6 Å². The summed E-state index contributed by atoms with van der Waals surface area (Å²) in [6, 6.07) is 22.9. The van der Waals surface area contributed by atoms with Crippen LogP contribution in [0.2, 0.25) is 0 Å². The van der Waals surface area contributed by atoms with Crippen LogP contribution in [0.15, 0.2) is 66.7 Å². The van der Waals surface area contributed by atoms with Gasteiger partial charge >= 0.3 is 0 Å². The van der Waals surface area contributed by atoms with Gasteiger partial charge in [-0.05, 0) is 25.5 Å². The first-order chi connectivity index (χ1) is 12.7. The third-order valence-corrected chi connectivity index (χ3v) is 4.84. The highest BCUT2D eigenvalue weighted by molar-refractivity contribution is 6.02. The van der Waals surface area contributed by atoms with E-state index in [-0.39, 0.29) is 0 Å². The average Bonchev–Trinajstić information content (AvgIpc) is 2.94. The molecule has 0 atom stereocenters. The van der Waals surface area contributed by atoms with Crippen molar-refractivity contribution in [3.05, 3.63) is 72.4 Å². The van der Waals surface area contributed by atoms with Gasteiger partial charge in [0.1, 0.15) is 0 Å². The van der Waals surface area contributed by atoms with Crippen molar-refractivity contribution in [1.29, 1.82) is 0 Å². The predicted octanol–water partition coefficient (Wildman–Crippen LogP) is 5.61. The number of fused-ring (bicyclic) bond motifs is 1. The number of hydrogen-bond donors (Lipinski definition) is 0.